The summed E-state index contributed by atoms with van der Waals surface area (Å²) in [5, 5.41) is 22.7. The predicted octanol–water partition coefficient (Wildman–Crippen LogP) is 1.80. The third-order valence-electron chi connectivity index (χ3n) is 2.50. The number of benzene rings is 1. The fourth-order valence-corrected chi connectivity index (χ4v) is 1.69. The van der Waals surface area contributed by atoms with Crippen molar-refractivity contribution in [3.8, 4) is 5.75 Å². The van der Waals surface area contributed by atoms with Gasteiger partial charge >= 0.3 is 5.69 Å². The van der Waals surface area contributed by atoms with Crippen molar-refractivity contribution in [2.75, 3.05) is 38.3 Å². The first-order valence-corrected chi connectivity index (χ1v) is 6.53. The van der Waals surface area contributed by atoms with Crippen LogP contribution in [0.5, 0.6) is 5.75 Å². The summed E-state index contributed by atoms with van der Waals surface area (Å²) in [7, 11) is 0. The van der Waals surface area contributed by atoms with Crippen molar-refractivity contribution in [1.82, 2.24) is 0 Å². The van der Waals surface area contributed by atoms with E-state index in [1.54, 1.807) is 25.1 Å². The Morgan fingerprint density at radius 3 is 2.85 bits per heavy atom. The molecule has 2 N–H and O–H groups in total. The van der Waals surface area contributed by atoms with E-state index in [0.29, 0.717) is 38.5 Å². The number of aliphatic hydroxyl groups excluding tert-OH is 1. The molecule has 0 heterocycles. The van der Waals surface area contributed by atoms with Gasteiger partial charge in [-0.05, 0) is 25.5 Å². The smallest absolute Gasteiger partial charge is 0.333 e. The maximum absolute atomic E-state index is 11.1. The van der Waals surface area contributed by atoms with Crippen LogP contribution in [0.3, 0.4) is 0 Å². The van der Waals surface area contributed by atoms with E-state index in [-0.39, 0.29) is 18.0 Å². The second-order valence-corrected chi connectivity index (χ2v) is 3.96. The van der Waals surface area contributed by atoms with Crippen LogP contribution in [0.2, 0.25) is 0 Å². The summed E-state index contributed by atoms with van der Waals surface area (Å²) < 4.78 is 10.4. The Kier molecular flexibility index (Phi) is 7.38. The van der Waals surface area contributed by atoms with Gasteiger partial charge in [-0.2, -0.15) is 0 Å². The molecule has 0 aliphatic heterocycles. The van der Waals surface area contributed by atoms with Crippen LogP contribution in [0.25, 0.3) is 0 Å². The van der Waals surface area contributed by atoms with E-state index < -0.39 is 4.92 Å². The predicted molar refractivity (Wildman–Crippen MR) is 75.3 cm³/mol. The van der Waals surface area contributed by atoms with Crippen LogP contribution in [0.15, 0.2) is 18.2 Å². The number of hydrogen-bond acceptors (Lipinski definition) is 6. The Bertz CT molecular complexity index is 425. The lowest BCUT2D eigenvalue weighted by Gasteiger charge is -2.10. The number of hydrogen-bond donors (Lipinski definition) is 2. The van der Waals surface area contributed by atoms with E-state index in [4.69, 9.17) is 14.6 Å². The SMILES string of the molecule is CCOc1cccc(NCCCOCCO)c1[N+](=O)[O-]. The Labute approximate surface area is 117 Å². The van der Waals surface area contributed by atoms with Crippen molar-refractivity contribution in [2.24, 2.45) is 0 Å². The summed E-state index contributed by atoms with van der Waals surface area (Å²) in [5.41, 5.74) is 0.383. The first-order valence-electron chi connectivity index (χ1n) is 6.53. The van der Waals surface area contributed by atoms with Gasteiger partial charge in [-0.1, -0.05) is 6.07 Å². The number of rotatable bonds is 10. The Hall–Kier alpha value is -1.86. The minimum Gasteiger partial charge on any atom is -0.487 e. The van der Waals surface area contributed by atoms with Gasteiger partial charge in [0.15, 0.2) is 5.75 Å². The maximum Gasteiger partial charge on any atom is 0.333 e. The molecule has 112 valence electrons. The van der Waals surface area contributed by atoms with Crippen LogP contribution in [0.4, 0.5) is 11.4 Å². The standard InChI is InChI=1S/C13H20N2O5/c1-2-20-12-6-3-5-11(13(12)15(17)18)14-7-4-9-19-10-8-16/h3,5-6,14,16H,2,4,7-10H2,1H3. The van der Waals surface area contributed by atoms with E-state index in [9.17, 15) is 10.1 Å². The molecule has 0 aliphatic carbocycles. The number of nitrogens with one attached hydrogen (secondary N) is 1. The first-order chi connectivity index (χ1) is 9.70. The zero-order chi connectivity index (χ0) is 14.8. The number of nitro groups is 1. The van der Waals surface area contributed by atoms with Crippen LogP contribution in [-0.2, 0) is 4.74 Å². The fourth-order valence-electron chi connectivity index (χ4n) is 1.69. The third kappa shape index (κ3) is 5.02. The molecule has 1 rings (SSSR count). The summed E-state index contributed by atoms with van der Waals surface area (Å²) in [5.74, 6) is 0.263. The molecule has 1 aromatic carbocycles. The zero-order valence-electron chi connectivity index (χ0n) is 11.5. The Balaban J connectivity index is 2.60. The molecule has 0 saturated carbocycles. The summed E-state index contributed by atoms with van der Waals surface area (Å²) in [6, 6.07) is 4.94. The molecule has 0 radical (unpaired) electrons. The van der Waals surface area contributed by atoms with Crippen molar-refractivity contribution < 1.29 is 19.5 Å². The third-order valence-corrected chi connectivity index (χ3v) is 2.50. The highest BCUT2D eigenvalue weighted by Gasteiger charge is 2.20. The minimum absolute atomic E-state index is 0.00466. The van der Waals surface area contributed by atoms with Crippen molar-refractivity contribution in [2.45, 2.75) is 13.3 Å². The summed E-state index contributed by atoms with van der Waals surface area (Å²) in [6.07, 6.45) is 0.690. The molecular weight excluding hydrogens is 264 g/mol. The van der Waals surface area contributed by atoms with Gasteiger partial charge in [0.1, 0.15) is 5.69 Å². The largest absolute Gasteiger partial charge is 0.487 e. The van der Waals surface area contributed by atoms with Crippen molar-refractivity contribution in [3.63, 3.8) is 0 Å². The molecule has 7 heteroatoms. The van der Waals surface area contributed by atoms with Crippen LogP contribution >= 0.6 is 0 Å². The van der Waals surface area contributed by atoms with Crippen LogP contribution < -0.4 is 10.1 Å². The summed E-state index contributed by atoms with van der Waals surface area (Å²) in [6.45, 7) is 3.49. The van der Waals surface area contributed by atoms with Crippen LogP contribution in [0, 0.1) is 10.1 Å². The average molecular weight is 284 g/mol. The van der Waals surface area contributed by atoms with E-state index in [2.05, 4.69) is 5.32 Å². The second kappa shape index (κ2) is 9.11. The molecule has 1 aromatic rings. The van der Waals surface area contributed by atoms with E-state index >= 15 is 0 Å². The van der Waals surface area contributed by atoms with Gasteiger partial charge in [0.2, 0.25) is 0 Å². The molecule has 0 unspecified atom stereocenters. The second-order valence-electron chi connectivity index (χ2n) is 3.96. The lowest BCUT2D eigenvalue weighted by Crippen LogP contribution is -2.09. The zero-order valence-corrected chi connectivity index (χ0v) is 11.5. The van der Waals surface area contributed by atoms with Crippen molar-refractivity contribution in [1.29, 1.82) is 0 Å². The molecule has 0 spiro atoms. The van der Waals surface area contributed by atoms with Gasteiger partial charge in [0.25, 0.3) is 0 Å². The molecular formula is C13H20N2O5. The minimum atomic E-state index is -0.449. The van der Waals surface area contributed by atoms with Gasteiger partial charge < -0.3 is 19.9 Å². The van der Waals surface area contributed by atoms with Gasteiger partial charge in [-0.15, -0.1) is 0 Å². The number of aliphatic hydroxyl groups is 1. The highest BCUT2D eigenvalue weighted by atomic mass is 16.6. The van der Waals surface area contributed by atoms with Crippen LogP contribution in [-0.4, -0.2) is 43.0 Å². The van der Waals surface area contributed by atoms with Crippen LogP contribution in [0.1, 0.15) is 13.3 Å². The van der Waals surface area contributed by atoms with Gasteiger partial charge in [-0.25, -0.2) is 0 Å². The van der Waals surface area contributed by atoms with E-state index in [1.165, 1.54) is 0 Å². The van der Waals surface area contributed by atoms with Crippen molar-refractivity contribution >= 4 is 11.4 Å². The van der Waals surface area contributed by atoms with E-state index in [1.807, 2.05) is 0 Å². The Morgan fingerprint density at radius 1 is 1.40 bits per heavy atom. The number of para-hydroxylation sites is 1. The quantitative estimate of drug-likeness (QED) is 0.386. The number of ether oxygens (including phenoxy) is 2. The van der Waals surface area contributed by atoms with Gasteiger partial charge in [0.05, 0.1) is 24.7 Å². The molecule has 0 amide bonds. The number of nitro benzene ring substituents is 1. The normalized spacial score (nSPS) is 10.3. The summed E-state index contributed by atoms with van der Waals surface area (Å²) >= 11 is 0. The van der Waals surface area contributed by atoms with Crippen molar-refractivity contribution in [3.05, 3.63) is 28.3 Å². The van der Waals surface area contributed by atoms with Gasteiger partial charge in [0, 0.05) is 13.2 Å². The highest BCUT2D eigenvalue weighted by molar-refractivity contribution is 5.68. The summed E-state index contributed by atoms with van der Waals surface area (Å²) in [4.78, 5) is 10.7. The highest BCUT2D eigenvalue weighted by Crippen LogP contribution is 2.34. The maximum atomic E-state index is 11.1. The molecule has 0 bridgehead atoms. The lowest BCUT2D eigenvalue weighted by atomic mass is 10.2. The number of anilines is 1. The molecule has 0 atom stereocenters. The molecule has 0 aromatic heterocycles. The molecule has 0 saturated heterocycles. The molecule has 0 aliphatic rings. The fraction of sp³-hybridized carbons (Fsp3) is 0.538. The van der Waals surface area contributed by atoms with E-state index in [0.717, 1.165) is 0 Å². The molecule has 0 fully saturated rings. The van der Waals surface area contributed by atoms with Gasteiger partial charge in [-0.3, -0.25) is 10.1 Å². The topological polar surface area (TPSA) is 93.9 Å². The first kappa shape index (κ1) is 16.2. The molecule has 20 heavy (non-hydrogen) atoms. The average Bonchev–Trinajstić information content (AvgIpc) is 2.43. The molecule has 7 nitrogen and oxygen atoms in total. The lowest BCUT2D eigenvalue weighted by molar-refractivity contribution is -0.384. The number of nitrogens with zero attached hydrogens (tertiary/aromatic N) is 1. The Morgan fingerprint density at radius 2 is 2.20 bits per heavy atom. The monoisotopic (exact) mass is 284 g/mol.